The molecule has 1 aromatic heterocycles. The van der Waals surface area contributed by atoms with Crippen molar-refractivity contribution in [1.29, 1.82) is 0 Å². The van der Waals surface area contributed by atoms with Gasteiger partial charge in [-0.05, 0) is 56.3 Å². The van der Waals surface area contributed by atoms with Crippen LogP contribution < -0.4 is 0 Å². The second kappa shape index (κ2) is 7.42. The van der Waals surface area contributed by atoms with Gasteiger partial charge in [-0.2, -0.15) is 11.8 Å². The highest BCUT2D eigenvalue weighted by atomic mass is 32.2. The van der Waals surface area contributed by atoms with E-state index in [-0.39, 0.29) is 5.91 Å². The van der Waals surface area contributed by atoms with Crippen molar-refractivity contribution in [2.24, 2.45) is 0 Å². The molecular weight excluding hydrogens is 338 g/mol. The van der Waals surface area contributed by atoms with Gasteiger partial charge in [-0.3, -0.25) is 4.79 Å². The molecule has 0 saturated carbocycles. The minimum absolute atomic E-state index is 0.192. The van der Waals surface area contributed by atoms with Crippen LogP contribution >= 0.6 is 23.1 Å². The highest BCUT2D eigenvalue weighted by Gasteiger charge is 2.29. The molecule has 0 aliphatic carbocycles. The SMILES string of the molecule is O=C(c1ccc2ncsc2c1)N1CCCSCC1CN1CCCC1. The van der Waals surface area contributed by atoms with E-state index in [1.54, 1.807) is 11.3 Å². The van der Waals surface area contributed by atoms with Gasteiger partial charge in [0.1, 0.15) is 0 Å². The Hall–Kier alpha value is -1.11. The van der Waals surface area contributed by atoms with Gasteiger partial charge >= 0.3 is 0 Å². The first-order valence-electron chi connectivity index (χ1n) is 8.75. The maximum atomic E-state index is 13.2. The van der Waals surface area contributed by atoms with E-state index in [1.165, 1.54) is 25.9 Å². The summed E-state index contributed by atoms with van der Waals surface area (Å²) < 4.78 is 1.10. The predicted molar refractivity (Wildman–Crippen MR) is 102 cm³/mol. The Bertz CT molecular complexity index is 711. The Morgan fingerprint density at radius 2 is 2.08 bits per heavy atom. The highest BCUT2D eigenvalue weighted by Crippen LogP contribution is 2.24. The van der Waals surface area contributed by atoms with E-state index in [2.05, 4.69) is 14.8 Å². The van der Waals surface area contributed by atoms with Gasteiger partial charge in [0.15, 0.2) is 0 Å². The molecule has 0 radical (unpaired) electrons. The van der Waals surface area contributed by atoms with Gasteiger partial charge in [-0.1, -0.05) is 0 Å². The average molecular weight is 362 g/mol. The summed E-state index contributed by atoms with van der Waals surface area (Å²) in [7, 11) is 0. The van der Waals surface area contributed by atoms with E-state index in [4.69, 9.17) is 0 Å². The Balaban J connectivity index is 1.56. The number of thioether (sulfide) groups is 1. The molecule has 2 saturated heterocycles. The molecule has 0 spiro atoms. The lowest BCUT2D eigenvalue weighted by Gasteiger charge is -2.32. The standard InChI is InChI=1S/C18H23N3OS2/c22-18(14-4-5-16-17(10-14)24-13-19-16)21-8-3-9-23-12-15(21)11-20-6-1-2-7-20/h4-5,10,13,15H,1-3,6-9,11-12H2. The van der Waals surface area contributed by atoms with Crippen molar-refractivity contribution in [3.63, 3.8) is 0 Å². The van der Waals surface area contributed by atoms with Crippen LogP contribution in [0.5, 0.6) is 0 Å². The summed E-state index contributed by atoms with van der Waals surface area (Å²) >= 11 is 3.60. The molecule has 1 unspecified atom stereocenters. The average Bonchev–Trinajstić information content (AvgIpc) is 3.22. The van der Waals surface area contributed by atoms with E-state index >= 15 is 0 Å². The summed E-state index contributed by atoms with van der Waals surface area (Å²) in [4.78, 5) is 22.2. The number of carbonyl (C=O) groups is 1. The second-order valence-electron chi connectivity index (χ2n) is 6.62. The van der Waals surface area contributed by atoms with E-state index in [1.807, 2.05) is 35.5 Å². The fourth-order valence-corrected chi connectivity index (χ4v) is 5.44. The molecule has 0 N–H and O–H groups in total. The maximum Gasteiger partial charge on any atom is 0.254 e. The van der Waals surface area contributed by atoms with Crippen molar-refractivity contribution in [3.05, 3.63) is 29.3 Å². The summed E-state index contributed by atoms with van der Waals surface area (Å²) in [6, 6.07) is 6.26. The van der Waals surface area contributed by atoms with Crippen LogP contribution in [-0.4, -0.2) is 64.4 Å². The van der Waals surface area contributed by atoms with Crippen molar-refractivity contribution < 1.29 is 4.79 Å². The molecule has 2 aliphatic rings. The van der Waals surface area contributed by atoms with Gasteiger partial charge in [0, 0.05) is 24.4 Å². The second-order valence-corrected chi connectivity index (χ2v) is 8.66. The quantitative estimate of drug-likeness (QED) is 0.840. The molecule has 6 heteroatoms. The van der Waals surface area contributed by atoms with E-state index in [9.17, 15) is 4.79 Å². The number of amides is 1. The Morgan fingerprint density at radius 3 is 2.96 bits per heavy atom. The molecule has 3 heterocycles. The molecule has 1 aromatic carbocycles. The molecule has 2 aliphatic heterocycles. The number of benzene rings is 1. The van der Waals surface area contributed by atoms with Gasteiger partial charge in [-0.15, -0.1) is 11.3 Å². The third-order valence-electron chi connectivity index (χ3n) is 4.95. The van der Waals surface area contributed by atoms with Crippen LogP contribution in [0, 0.1) is 0 Å². The third-order valence-corrected chi connectivity index (χ3v) is 6.93. The summed E-state index contributed by atoms with van der Waals surface area (Å²) in [6.07, 6.45) is 3.70. The van der Waals surface area contributed by atoms with E-state index in [0.717, 1.165) is 46.8 Å². The molecule has 24 heavy (non-hydrogen) atoms. The molecule has 4 rings (SSSR count). The lowest BCUT2D eigenvalue weighted by atomic mass is 10.1. The summed E-state index contributed by atoms with van der Waals surface area (Å²) in [5.74, 6) is 2.41. The zero-order valence-corrected chi connectivity index (χ0v) is 15.5. The Labute approximate surface area is 151 Å². The zero-order chi connectivity index (χ0) is 16.4. The molecule has 2 fully saturated rings. The smallest absolute Gasteiger partial charge is 0.254 e. The van der Waals surface area contributed by atoms with Crippen LogP contribution in [0.4, 0.5) is 0 Å². The lowest BCUT2D eigenvalue weighted by Crippen LogP contribution is -2.47. The third kappa shape index (κ3) is 3.46. The zero-order valence-electron chi connectivity index (χ0n) is 13.8. The first kappa shape index (κ1) is 16.4. The van der Waals surface area contributed by atoms with Gasteiger partial charge in [0.2, 0.25) is 0 Å². The number of thiazole rings is 1. The van der Waals surface area contributed by atoms with Crippen LogP contribution in [0.25, 0.3) is 10.2 Å². The largest absolute Gasteiger partial charge is 0.334 e. The fraction of sp³-hybridized carbons (Fsp3) is 0.556. The van der Waals surface area contributed by atoms with Crippen LogP contribution in [0.1, 0.15) is 29.6 Å². The summed E-state index contributed by atoms with van der Waals surface area (Å²) in [5, 5.41) is 0. The number of hydrogen-bond acceptors (Lipinski definition) is 5. The fourth-order valence-electron chi connectivity index (χ4n) is 3.66. The summed E-state index contributed by atoms with van der Waals surface area (Å²) in [5.41, 5.74) is 3.64. The Morgan fingerprint density at radius 1 is 1.21 bits per heavy atom. The monoisotopic (exact) mass is 361 g/mol. The molecule has 1 atom stereocenters. The maximum absolute atomic E-state index is 13.2. The van der Waals surface area contributed by atoms with E-state index in [0.29, 0.717) is 6.04 Å². The van der Waals surface area contributed by atoms with Crippen molar-refractivity contribution >= 4 is 39.2 Å². The van der Waals surface area contributed by atoms with Crippen molar-refractivity contribution in [2.75, 3.05) is 37.7 Å². The van der Waals surface area contributed by atoms with Gasteiger partial charge in [0.25, 0.3) is 5.91 Å². The van der Waals surface area contributed by atoms with Gasteiger partial charge in [0.05, 0.1) is 21.8 Å². The molecule has 2 aromatic rings. The Kier molecular flexibility index (Phi) is 5.06. The topological polar surface area (TPSA) is 36.4 Å². The van der Waals surface area contributed by atoms with Crippen LogP contribution in [0.15, 0.2) is 23.7 Å². The molecule has 1 amide bonds. The minimum atomic E-state index is 0.192. The molecular formula is C18H23N3OS2. The highest BCUT2D eigenvalue weighted by molar-refractivity contribution is 7.99. The predicted octanol–water partition coefficient (Wildman–Crippen LogP) is 3.34. The van der Waals surface area contributed by atoms with Crippen molar-refractivity contribution in [1.82, 2.24) is 14.8 Å². The van der Waals surface area contributed by atoms with Crippen molar-refractivity contribution in [2.45, 2.75) is 25.3 Å². The van der Waals surface area contributed by atoms with Crippen LogP contribution in [-0.2, 0) is 0 Å². The number of fused-ring (bicyclic) bond motifs is 1. The molecule has 128 valence electrons. The molecule has 0 bridgehead atoms. The number of nitrogens with zero attached hydrogens (tertiary/aromatic N) is 3. The summed E-state index contributed by atoms with van der Waals surface area (Å²) in [6.45, 7) is 4.29. The number of rotatable bonds is 3. The van der Waals surface area contributed by atoms with Gasteiger partial charge in [-0.25, -0.2) is 4.98 Å². The van der Waals surface area contributed by atoms with Crippen LogP contribution in [0.3, 0.4) is 0 Å². The first-order valence-corrected chi connectivity index (χ1v) is 10.8. The minimum Gasteiger partial charge on any atom is -0.334 e. The lowest BCUT2D eigenvalue weighted by molar-refractivity contribution is 0.0667. The number of carbonyl (C=O) groups excluding carboxylic acids is 1. The normalized spacial score (nSPS) is 22.8. The van der Waals surface area contributed by atoms with E-state index < -0.39 is 0 Å². The van der Waals surface area contributed by atoms with Gasteiger partial charge < -0.3 is 9.80 Å². The first-order chi connectivity index (χ1) is 11.8. The molecule has 4 nitrogen and oxygen atoms in total. The number of hydrogen-bond donors (Lipinski definition) is 0. The number of likely N-dealkylation sites (tertiary alicyclic amines) is 1. The number of aromatic nitrogens is 1. The van der Waals surface area contributed by atoms with Crippen molar-refractivity contribution in [3.8, 4) is 0 Å². The van der Waals surface area contributed by atoms with Crippen LogP contribution in [0.2, 0.25) is 0 Å².